The molecule has 0 saturated carbocycles. The highest BCUT2D eigenvalue weighted by atomic mass is 79.9. The number of pyridine rings is 1. The molecule has 3 heterocycles. The fourth-order valence-corrected chi connectivity index (χ4v) is 3.87. The van der Waals surface area contributed by atoms with Gasteiger partial charge in [0, 0.05) is 51.6 Å². The average Bonchev–Trinajstić information content (AvgIpc) is 3.31. The van der Waals surface area contributed by atoms with Gasteiger partial charge in [-0.05, 0) is 34.1 Å². The number of hydrogen-bond donors (Lipinski definition) is 0. The Morgan fingerprint density at radius 2 is 1.45 bits per heavy atom. The number of rotatable bonds is 2. The lowest BCUT2D eigenvalue weighted by molar-refractivity contribution is -0.384. The van der Waals surface area contributed by atoms with E-state index in [0.717, 1.165) is 20.9 Å². The largest absolute Gasteiger partial charge is 0.296 e. The Morgan fingerprint density at radius 3 is 2.10 bits per heavy atom. The molecule has 2 aromatic carbocycles. The van der Waals surface area contributed by atoms with Gasteiger partial charge in [0.1, 0.15) is 5.69 Å². The Morgan fingerprint density at radius 1 is 0.839 bits per heavy atom. The van der Waals surface area contributed by atoms with E-state index in [2.05, 4.69) is 53.1 Å². The fraction of sp³-hybridized carbons (Fsp3) is 0.0952. The average molecular weight is 544 g/mol. The lowest BCUT2D eigenvalue weighted by atomic mass is 10.1. The van der Waals surface area contributed by atoms with E-state index in [4.69, 9.17) is 0 Å². The zero-order valence-corrected chi connectivity index (χ0v) is 19.7. The van der Waals surface area contributed by atoms with Crippen LogP contribution in [0.5, 0.6) is 0 Å². The van der Waals surface area contributed by atoms with Gasteiger partial charge in [0.15, 0.2) is 0 Å². The topological polar surface area (TPSA) is 91.7 Å². The minimum Gasteiger partial charge on any atom is -0.268 e. The Balaban J connectivity index is 0.000000177. The highest BCUT2D eigenvalue weighted by Crippen LogP contribution is 2.31. The Bertz CT molecular complexity index is 1430. The highest BCUT2D eigenvalue weighted by molar-refractivity contribution is 9.10. The van der Waals surface area contributed by atoms with Crippen LogP contribution in [0.2, 0.25) is 0 Å². The summed E-state index contributed by atoms with van der Waals surface area (Å²) in [5.74, 6) is 0. The molecule has 0 aliphatic rings. The zero-order valence-electron chi connectivity index (χ0n) is 16.5. The minimum absolute atomic E-state index is 0.0270. The van der Waals surface area contributed by atoms with Crippen molar-refractivity contribution in [3.05, 3.63) is 80.1 Å². The first kappa shape index (κ1) is 21.1. The van der Waals surface area contributed by atoms with Crippen LogP contribution in [0.1, 0.15) is 0 Å². The fourth-order valence-electron chi connectivity index (χ4n) is 3.20. The minimum atomic E-state index is -0.430. The van der Waals surface area contributed by atoms with Crippen LogP contribution in [0.15, 0.2) is 70.0 Å². The summed E-state index contributed by atoms with van der Waals surface area (Å²) < 4.78 is 5.26. The normalized spacial score (nSPS) is 10.8. The van der Waals surface area contributed by atoms with Crippen LogP contribution in [0.4, 0.5) is 5.69 Å². The predicted octanol–water partition coefficient (Wildman–Crippen LogP) is 5.64. The number of aromatic nitrogens is 5. The SMILES string of the molecule is Cn1ncc2ccc(-c3ncc(Br)cc3[N+](=O)[O-])cc21.Cn1ncc2ccc(Br)cc21. The molecule has 0 aliphatic carbocycles. The number of hydrogen-bond acceptors (Lipinski definition) is 5. The zero-order chi connectivity index (χ0) is 22.1. The van der Waals surface area contributed by atoms with E-state index in [9.17, 15) is 10.1 Å². The smallest absolute Gasteiger partial charge is 0.268 e. The molecule has 0 aliphatic heterocycles. The standard InChI is InChI=1S/C13H9BrN4O2.C8H7BrN2/c1-17-11-4-8(2-3-9(11)6-16-17)13-12(18(19)20)5-10(14)7-15-13;1-11-8-4-7(9)3-2-6(8)5-10-11/h2-7H,1H3;2-5H,1H3. The summed E-state index contributed by atoms with van der Waals surface area (Å²) in [5.41, 5.74) is 3.07. The third-order valence-corrected chi connectivity index (χ3v) is 5.69. The molecule has 8 nitrogen and oxygen atoms in total. The lowest BCUT2D eigenvalue weighted by Crippen LogP contribution is -1.95. The van der Waals surface area contributed by atoms with E-state index >= 15 is 0 Å². The van der Waals surface area contributed by atoms with E-state index < -0.39 is 4.92 Å². The summed E-state index contributed by atoms with van der Waals surface area (Å²) >= 11 is 6.61. The van der Waals surface area contributed by atoms with Crippen LogP contribution in [0.25, 0.3) is 33.1 Å². The van der Waals surface area contributed by atoms with Crippen LogP contribution in [-0.2, 0) is 14.1 Å². The maximum absolute atomic E-state index is 11.2. The maximum Gasteiger partial charge on any atom is 0.296 e. The van der Waals surface area contributed by atoms with E-state index in [1.54, 1.807) is 17.1 Å². The summed E-state index contributed by atoms with van der Waals surface area (Å²) in [6.45, 7) is 0. The third-order valence-electron chi connectivity index (χ3n) is 4.76. The Kier molecular flexibility index (Phi) is 5.84. The van der Waals surface area contributed by atoms with Gasteiger partial charge in [0.2, 0.25) is 0 Å². The second-order valence-electron chi connectivity index (χ2n) is 6.79. The summed E-state index contributed by atoms with van der Waals surface area (Å²) in [6.07, 6.45) is 5.17. The lowest BCUT2D eigenvalue weighted by Gasteiger charge is -2.04. The summed E-state index contributed by atoms with van der Waals surface area (Å²) in [4.78, 5) is 14.9. The molecule has 0 spiro atoms. The van der Waals surface area contributed by atoms with Crippen LogP contribution in [-0.4, -0.2) is 29.5 Å². The number of nitrogens with zero attached hydrogens (tertiary/aromatic N) is 6. The molecule has 156 valence electrons. The molecule has 31 heavy (non-hydrogen) atoms. The van der Waals surface area contributed by atoms with Gasteiger partial charge in [-0.1, -0.05) is 34.1 Å². The van der Waals surface area contributed by atoms with Gasteiger partial charge in [-0.3, -0.25) is 19.5 Å². The molecule has 0 fully saturated rings. The third kappa shape index (κ3) is 4.35. The van der Waals surface area contributed by atoms with Gasteiger partial charge in [0.25, 0.3) is 5.69 Å². The van der Waals surface area contributed by atoms with Gasteiger partial charge in [0.05, 0.1) is 28.4 Å². The van der Waals surface area contributed by atoms with E-state index in [-0.39, 0.29) is 5.69 Å². The molecule has 10 heteroatoms. The van der Waals surface area contributed by atoms with Gasteiger partial charge in [-0.25, -0.2) is 4.98 Å². The van der Waals surface area contributed by atoms with E-state index in [0.29, 0.717) is 15.7 Å². The van der Waals surface area contributed by atoms with E-state index in [1.807, 2.05) is 55.3 Å². The number of benzene rings is 2. The monoisotopic (exact) mass is 542 g/mol. The molecule has 5 rings (SSSR count). The molecule has 0 unspecified atom stereocenters. The number of nitro groups is 1. The summed E-state index contributed by atoms with van der Waals surface area (Å²) in [7, 11) is 3.77. The molecule has 0 amide bonds. The highest BCUT2D eigenvalue weighted by Gasteiger charge is 2.18. The molecular formula is C21H16Br2N6O2. The van der Waals surface area contributed by atoms with Crippen molar-refractivity contribution < 1.29 is 4.92 Å². The van der Waals surface area contributed by atoms with Crippen molar-refractivity contribution in [3.63, 3.8) is 0 Å². The van der Waals surface area contributed by atoms with Gasteiger partial charge < -0.3 is 0 Å². The second-order valence-corrected chi connectivity index (χ2v) is 8.62. The Labute approximate surface area is 193 Å². The Hall–Kier alpha value is -3.11. The van der Waals surface area contributed by atoms with Crippen LogP contribution in [0, 0.1) is 10.1 Å². The molecule has 0 radical (unpaired) electrons. The van der Waals surface area contributed by atoms with E-state index in [1.165, 1.54) is 11.5 Å². The molecule has 5 aromatic rings. The van der Waals surface area contributed by atoms with Crippen LogP contribution < -0.4 is 0 Å². The van der Waals surface area contributed by atoms with Gasteiger partial charge in [-0.15, -0.1) is 0 Å². The summed E-state index contributed by atoms with van der Waals surface area (Å²) in [5, 5.41) is 21.6. The number of fused-ring (bicyclic) bond motifs is 2. The predicted molar refractivity (Wildman–Crippen MR) is 127 cm³/mol. The number of aryl methyl sites for hydroxylation is 2. The first-order valence-corrected chi connectivity index (χ1v) is 10.7. The molecule has 0 bridgehead atoms. The molecule has 0 atom stereocenters. The van der Waals surface area contributed by atoms with Crippen molar-refractivity contribution >= 4 is 59.4 Å². The molecular weight excluding hydrogens is 528 g/mol. The molecule has 3 aromatic heterocycles. The number of halogens is 2. The first-order valence-electron chi connectivity index (χ1n) is 9.13. The van der Waals surface area contributed by atoms with Crippen molar-refractivity contribution in [1.82, 2.24) is 24.5 Å². The van der Waals surface area contributed by atoms with Crippen molar-refractivity contribution in [1.29, 1.82) is 0 Å². The first-order chi connectivity index (χ1) is 14.8. The van der Waals surface area contributed by atoms with Crippen LogP contribution >= 0.6 is 31.9 Å². The van der Waals surface area contributed by atoms with Crippen LogP contribution in [0.3, 0.4) is 0 Å². The van der Waals surface area contributed by atoms with Gasteiger partial charge in [-0.2, -0.15) is 10.2 Å². The second kappa shape index (κ2) is 8.56. The van der Waals surface area contributed by atoms with Gasteiger partial charge >= 0.3 is 0 Å². The maximum atomic E-state index is 11.2. The summed E-state index contributed by atoms with van der Waals surface area (Å²) in [6, 6.07) is 13.1. The van der Waals surface area contributed by atoms with Crippen molar-refractivity contribution in [2.75, 3.05) is 0 Å². The molecule has 0 saturated heterocycles. The van der Waals surface area contributed by atoms with Crippen molar-refractivity contribution in [2.45, 2.75) is 0 Å². The van der Waals surface area contributed by atoms with Crippen molar-refractivity contribution in [3.8, 4) is 11.3 Å². The molecule has 0 N–H and O–H groups in total. The quantitative estimate of drug-likeness (QED) is 0.212. The van der Waals surface area contributed by atoms with Crippen molar-refractivity contribution in [2.24, 2.45) is 14.1 Å².